The van der Waals surface area contributed by atoms with Gasteiger partial charge in [0.05, 0.1) is 12.1 Å². The van der Waals surface area contributed by atoms with Crippen LogP contribution in [0.3, 0.4) is 0 Å². The molecule has 158 valence electrons. The zero-order chi connectivity index (χ0) is 20.8. The molecule has 5 rings (SSSR count). The molecule has 1 saturated carbocycles. The van der Waals surface area contributed by atoms with Gasteiger partial charge in [0.2, 0.25) is 5.43 Å². The molecule has 2 aliphatic heterocycles. The molecule has 1 N–H and O–H groups in total. The van der Waals surface area contributed by atoms with Gasteiger partial charge in [-0.15, -0.1) is 0 Å². The van der Waals surface area contributed by atoms with Crippen molar-refractivity contribution in [3.63, 3.8) is 0 Å². The van der Waals surface area contributed by atoms with Crippen LogP contribution in [0.1, 0.15) is 54.2 Å². The Morgan fingerprint density at radius 1 is 1.07 bits per heavy atom. The van der Waals surface area contributed by atoms with Crippen LogP contribution in [0.5, 0.6) is 5.75 Å². The Kier molecular flexibility index (Phi) is 4.77. The van der Waals surface area contributed by atoms with E-state index in [-0.39, 0.29) is 29.9 Å². The summed E-state index contributed by atoms with van der Waals surface area (Å²) in [6.45, 7) is 0.754. The first-order valence-corrected chi connectivity index (χ1v) is 10.7. The third kappa shape index (κ3) is 2.99. The van der Waals surface area contributed by atoms with Gasteiger partial charge in [0.15, 0.2) is 11.4 Å². The first-order valence-electron chi connectivity index (χ1n) is 10.7. The molecule has 3 atom stereocenters. The summed E-state index contributed by atoms with van der Waals surface area (Å²) in [6, 6.07) is 11.3. The Balaban J connectivity index is 1.60. The Morgan fingerprint density at radius 3 is 2.53 bits per heavy atom. The predicted molar refractivity (Wildman–Crippen MR) is 112 cm³/mol. The predicted octanol–water partition coefficient (Wildman–Crippen LogP) is 2.62. The fourth-order valence-corrected chi connectivity index (χ4v) is 4.93. The Bertz CT molecular complexity index is 1000. The number of rotatable bonds is 4. The van der Waals surface area contributed by atoms with Crippen molar-refractivity contribution in [2.75, 3.05) is 18.7 Å². The molecular formula is C23H27N3O4. The molecule has 30 heavy (non-hydrogen) atoms. The fourth-order valence-electron chi connectivity index (χ4n) is 4.93. The van der Waals surface area contributed by atoms with Gasteiger partial charge in [-0.2, -0.15) is 0 Å². The fraction of sp³-hybridized carbons (Fsp3) is 0.478. The van der Waals surface area contributed by atoms with E-state index in [2.05, 4.69) is 17.1 Å². The van der Waals surface area contributed by atoms with Crippen LogP contribution >= 0.6 is 0 Å². The smallest absolute Gasteiger partial charge is 0.277 e. The SMILES string of the molecule is CN1C(=O)c2c(O)c(=O)ccn2N2[C@H](c3ccccc3)[C@H](OCC3CCC3)CC[C@@H]12. The third-order valence-electron chi connectivity index (χ3n) is 6.84. The lowest BCUT2D eigenvalue weighted by Gasteiger charge is -2.53. The minimum Gasteiger partial charge on any atom is -0.502 e. The van der Waals surface area contributed by atoms with Gasteiger partial charge in [0.25, 0.3) is 5.91 Å². The minimum atomic E-state index is -0.549. The molecule has 3 heterocycles. The summed E-state index contributed by atoms with van der Waals surface area (Å²) in [5, 5.41) is 12.5. The van der Waals surface area contributed by atoms with Crippen molar-refractivity contribution in [2.45, 2.75) is 50.4 Å². The lowest BCUT2D eigenvalue weighted by atomic mass is 9.86. The maximum absolute atomic E-state index is 13.0. The molecule has 2 aromatic rings. The summed E-state index contributed by atoms with van der Waals surface area (Å²) >= 11 is 0. The number of benzene rings is 1. The van der Waals surface area contributed by atoms with Crippen LogP contribution in [0.25, 0.3) is 0 Å². The van der Waals surface area contributed by atoms with E-state index in [1.807, 2.05) is 18.2 Å². The number of aromatic hydroxyl groups is 1. The van der Waals surface area contributed by atoms with Gasteiger partial charge < -0.3 is 14.7 Å². The van der Waals surface area contributed by atoms with Crippen LogP contribution in [-0.4, -0.2) is 46.5 Å². The van der Waals surface area contributed by atoms with E-state index in [0.717, 1.165) is 25.0 Å². The molecule has 0 spiro atoms. The molecule has 1 saturated heterocycles. The molecule has 0 unspecified atom stereocenters. The van der Waals surface area contributed by atoms with Crippen molar-refractivity contribution in [3.8, 4) is 5.75 Å². The zero-order valence-corrected chi connectivity index (χ0v) is 17.1. The first-order chi connectivity index (χ1) is 14.6. The number of carbonyl (C=O) groups excluding carboxylic acids is 1. The number of hydrogen-bond acceptors (Lipinski definition) is 5. The van der Waals surface area contributed by atoms with E-state index < -0.39 is 11.2 Å². The molecular weight excluding hydrogens is 382 g/mol. The molecule has 3 aliphatic rings. The zero-order valence-electron chi connectivity index (χ0n) is 17.1. The molecule has 1 aliphatic carbocycles. The molecule has 2 fully saturated rings. The first kappa shape index (κ1) is 19.2. The maximum Gasteiger partial charge on any atom is 0.277 e. The molecule has 1 amide bonds. The summed E-state index contributed by atoms with van der Waals surface area (Å²) in [7, 11) is 1.73. The van der Waals surface area contributed by atoms with E-state index in [9.17, 15) is 14.7 Å². The number of ether oxygens (including phenoxy) is 1. The lowest BCUT2D eigenvalue weighted by Crippen LogP contribution is -2.65. The largest absolute Gasteiger partial charge is 0.502 e. The van der Waals surface area contributed by atoms with Crippen LogP contribution in [-0.2, 0) is 4.74 Å². The van der Waals surface area contributed by atoms with Crippen LogP contribution in [0.2, 0.25) is 0 Å². The standard InChI is InChI=1S/C23H27N3O4/c1-24-19-11-10-18(30-14-15-6-5-7-15)20(16-8-3-2-4-9-16)26(19)25-13-12-17(27)22(28)21(25)23(24)29/h2-4,8-9,12-13,15,18-20,28H,5-7,10-11,14H2,1H3/t18-,19+,20-/m1/s1. The van der Waals surface area contributed by atoms with E-state index in [4.69, 9.17) is 4.74 Å². The van der Waals surface area contributed by atoms with Crippen molar-refractivity contribution in [3.05, 3.63) is 64.1 Å². The normalized spacial score (nSPS) is 26.2. The number of hydrogen-bond donors (Lipinski definition) is 1. The maximum atomic E-state index is 13.0. The van der Waals surface area contributed by atoms with E-state index >= 15 is 0 Å². The minimum absolute atomic E-state index is 0.0156. The molecule has 0 bridgehead atoms. The average Bonchev–Trinajstić information content (AvgIpc) is 2.73. The highest BCUT2D eigenvalue weighted by Crippen LogP contribution is 2.40. The number of aromatic nitrogens is 1. The van der Waals surface area contributed by atoms with E-state index in [1.54, 1.807) is 22.8 Å². The van der Waals surface area contributed by atoms with Gasteiger partial charge in [-0.3, -0.25) is 19.3 Å². The molecule has 7 nitrogen and oxygen atoms in total. The monoisotopic (exact) mass is 409 g/mol. The van der Waals surface area contributed by atoms with Crippen LogP contribution in [0, 0.1) is 5.92 Å². The second-order valence-corrected chi connectivity index (χ2v) is 8.60. The van der Waals surface area contributed by atoms with Crippen LogP contribution < -0.4 is 10.4 Å². The van der Waals surface area contributed by atoms with Crippen molar-refractivity contribution < 1.29 is 14.6 Å². The highest BCUT2D eigenvalue weighted by molar-refractivity contribution is 5.96. The quantitative estimate of drug-likeness (QED) is 0.840. The van der Waals surface area contributed by atoms with Gasteiger partial charge >= 0.3 is 0 Å². The average molecular weight is 409 g/mol. The number of amides is 1. The van der Waals surface area contributed by atoms with Gasteiger partial charge in [0.1, 0.15) is 6.17 Å². The lowest BCUT2D eigenvalue weighted by molar-refractivity contribution is -0.0407. The number of piperidine rings is 1. The van der Waals surface area contributed by atoms with Gasteiger partial charge in [-0.25, -0.2) is 0 Å². The highest BCUT2D eigenvalue weighted by atomic mass is 16.5. The van der Waals surface area contributed by atoms with Crippen molar-refractivity contribution >= 4 is 5.91 Å². The second-order valence-electron chi connectivity index (χ2n) is 8.60. The number of pyridine rings is 1. The van der Waals surface area contributed by atoms with E-state index in [1.165, 1.54) is 25.3 Å². The summed E-state index contributed by atoms with van der Waals surface area (Å²) < 4.78 is 8.12. The van der Waals surface area contributed by atoms with Gasteiger partial charge in [-0.05, 0) is 37.2 Å². The highest BCUT2D eigenvalue weighted by Gasteiger charge is 2.47. The van der Waals surface area contributed by atoms with Crippen molar-refractivity contribution in [2.24, 2.45) is 5.92 Å². The van der Waals surface area contributed by atoms with Gasteiger partial charge in [0, 0.05) is 25.9 Å². The van der Waals surface area contributed by atoms with Crippen molar-refractivity contribution in [1.82, 2.24) is 9.58 Å². The Labute approximate surface area is 175 Å². The summed E-state index contributed by atoms with van der Waals surface area (Å²) in [4.78, 5) is 26.7. The van der Waals surface area contributed by atoms with E-state index in [0.29, 0.717) is 5.92 Å². The molecule has 0 radical (unpaired) electrons. The second kappa shape index (κ2) is 7.47. The molecule has 1 aromatic carbocycles. The number of carbonyl (C=O) groups is 1. The third-order valence-corrected chi connectivity index (χ3v) is 6.84. The number of nitrogens with zero attached hydrogens (tertiary/aromatic N) is 3. The summed E-state index contributed by atoms with van der Waals surface area (Å²) in [6.07, 6.45) is 6.70. The number of fused-ring (bicyclic) bond motifs is 3. The molecule has 1 aromatic heterocycles. The Morgan fingerprint density at radius 2 is 1.83 bits per heavy atom. The topological polar surface area (TPSA) is 75.0 Å². The molecule has 7 heteroatoms. The van der Waals surface area contributed by atoms with Gasteiger partial charge in [-0.1, -0.05) is 36.8 Å². The van der Waals surface area contributed by atoms with Crippen LogP contribution in [0.15, 0.2) is 47.4 Å². The Hall–Kier alpha value is -2.80. The summed E-state index contributed by atoms with van der Waals surface area (Å²) in [5.74, 6) is -0.207. The summed E-state index contributed by atoms with van der Waals surface area (Å²) in [5.41, 5.74) is 0.557. The van der Waals surface area contributed by atoms with Crippen LogP contribution in [0.4, 0.5) is 0 Å². The van der Waals surface area contributed by atoms with Crippen molar-refractivity contribution in [1.29, 1.82) is 0 Å².